The largest absolute Gasteiger partial charge is 0.320 e. The van der Waals surface area contributed by atoms with Crippen LogP contribution in [0.25, 0.3) is 0 Å². The van der Waals surface area contributed by atoms with E-state index in [0.29, 0.717) is 26.3 Å². The first-order chi connectivity index (χ1) is 8.99. The summed E-state index contributed by atoms with van der Waals surface area (Å²) in [6, 6.07) is 10.1. The van der Waals surface area contributed by atoms with Crippen molar-refractivity contribution in [3.63, 3.8) is 0 Å². The van der Waals surface area contributed by atoms with Gasteiger partial charge in [-0.3, -0.25) is 4.79 Å². The van der Waals surface area contributed by atoms with E-state index in [1.54, 1.807) is 18.2 Å². The normalized spacial score (nSPS) is 10.3. The molecule has 2 nitrogen and oxygen atoms in total. The molecule has 98 valence electrons. The van der Waals surface area contributed by atoms with Gasteiger partial charge >= 0.3 is 0 Å². The van der Waals surface area contributed by atoms with Crippen molar-refractivity contribution in [3.05, 3.63) is 62.6 Å². The standard InChI is InChI=1S/C14H10Cl3NO/c1-8-3-2-4-11(16)13(8)18-14(19)9-5-6-10(15)12(17)7-9/h2-7H,1H3,(H,18,19). The van der Waals surface area contributed by atoms with Gasteiger partial charge in [0.15, 0.2) is 0 Å². The molecule has 2 aromatic carbocycles. The molecule has 0 unspecified atom stereocenters. The lowest BCUT2D eigenvalue weighted by Crippen LogP contribution is -2.13. The van der Waals surface area contributed by atoms with Crippen LogP contribution in [0.2, 0.25) is 15.1 Å². The molecule has 0 aliphatic carbocycles. The quantitative estimate of drug-likeness (QED) is 0.810. The maximum absolute atomic E-state index is 12.1. The second kappa shape index (κ2) is 5.83. The van der Waals surface area contributed by atoms with Gasteiger partial charge in [0.2, 0.25) is 0 Å². The molecular formula is C14H10Cl3NO. The van der Waals surface area contributed by atoms with Crippen LogP contribution in [0.5, 0.6) is 0 Å². The van der Waals surface area contributed by atoms with Crippen molar-refractivity contribution in [2.45, 2.75) is 6.92 Å². The maximum atomic E-state index is 12.1. The number of nitrogens with one attached hydrogen (secondary N) is 1. The van der Waals surface area contributed by atoms with Crippen LogP contribution in [-0.2, 0) is 0 Å². The first-order valence-electron chi connectivity index (χ1n) is 5.50. The van der Waals surface area contributed by atoms with Crippen molar-refractivity contribution in [1.29, 1.82) is 0 Å². The van der Waals surface area contributed by atoms with E-state index in [4.69, 9.17) is 34.8 Å². The molecule has 0 saturated carbocycles. The Morgan fingerprint density at radius 1 is 1.00 bits per heavy atom. The molecule has 0 aliphatic heterocycles. The topological polar surface area (TPSA) is 29.1 Å². The Hall–Kier alpha value is -1.22. The SMILES string of the molecule is Cc1cccc(Cl)c1NC(=O)c1ccc(Cl)c(Cl)c1. The highest BCUT2D eigenvalue weighted by Gasteiger charge is 2.11. The van der Waals surface area contributed by atoms with Gasteiger partial charge < -0.3 is 5.32 Å². The summed E-state index contributed by atoms with van der Waals surface area (Å²) in [7, 11) is 0. The van der Waals surface area contributed by atoms with Gasteiger partial charge in [-0.25, -0.2) is 0 Å². The Kier molecular flexibility index (Phi) is 4.35. The van der Waals surface area contributed by atoms with Crippen molar-refractivity contribution in [3.8, 4) is 0 Å². The fourth-order valence-electron chi connectivity index (χ4n) is 1.61. The lowest BCUT2D eigenvalue weighted by molar-refractivity contribution is 0.102. The van der Waals surface area contributed by atoms with E-state index in [1.807, 2.05) is 19.1 Å². The van der Waals surface area contributed by atoms with E-state index in [9.17, 15) is 4.79 Å². The molecule has 0 aromatic heterocycles. The van der Waals surface area contributed by atoms with Gasteiger partial charge in [-0.1, -0.05) is 46.9 Å². The predicted molar refractivity (Wildman–Crippen MR) is 80.6 cm³/mol. The summed E-state index contributed by atoms with van der Waals surface area (Å²) < 4.78 is 0. The number of anilines is 1. The van der Waals surface area contributed by atoms with Crippen LogP contribution in [-0.4, -0.2) is 5.91 Å². The number of amides is 1. The van der Waals surface area contributed by atoms with Crippen molar-refractivity contribution >= 4 is 46.4 Å². The minimum Gasteiger partial charge on any atom is -0.320 e. The summed E-state index contributed by atoms with van der Waals surface area (Å²) in [5, 5.41) is 4.01. The molecule has 0 spiro atoms. The second-order valence-electron chi connectivity index (χ2n) is 4.01. The predicted octanol–water partition coefficient (Wildman–Crippen LogP) is 5.21. The Morgan fingerprint density at radius 2 is 1.74 bits per heavy atom. The number of benzene rings is 2. The average Bonchev–Trinajstić information content (AvgIpc) is 2.37. The smallest absolute Gasteiger partial charge is 0.255 e. The van der Waals surface area contributed by atoms with E-state index in [0.717, 1.165) is 5.56 Å². The van der Waals surface area contributed by atoms with Crippen LogP contribution in [0.15, 0.2) is 36.4 Å². The third-order valence-electron chi connectivity index (χ3n) is 2.64. The number of hydrogen-bond acceptors (Lipinski definition) is 1. The number of aryl methyl sites for hydroxylation is 1. The first-order valence-corrected chi connectivity index (χ1v) is 6.64. The Morgan fingerprint density at radius 3 is 2.37 bits per heavy atom. The molecule has 0 bridgehead atoms. The second-order valence-corrected chi connectivity index (χ2v) is 5.24. The van der Waals surface area contributed by atoms with Crippen LogP contribution in [0.1, 0.15) is 15.9 Å². The minimum atomic E-state index is -0.283. The minimum absolute atomic E-state index is 0.283. The highest BCUT2D eigenvalue weighted by Crippen LogP contribution is 2.27. The maximum Gasteiger partial charge on any atom is 0.255 e. The van der Waals surface area contributed by atoms with Crippen LogP contribution in [0.3, 0.4) is 0 Å². The molecule has 19 heavy (non-hydrogen) atoms. The molecule has 0 atom stereocenters. The Labute approximate surface area is 126 Å². The lowest BCUT2D eigenvalue weighted by atomic mass is 10.1. The fourth-order valence-corrected chi connectivity index (χ4v) is 2.18. The number of halogens is 3. The summed E-state index contributed by atoms with van der Waals surface area (Å²) in [4.78, 5) is 12.1. The zero-order valence-electron chi connectivity index (χ0n) is 10.0. The molecule has 2 rings (SSSR count). The molecular weight excluding hydrogens is 305 g/mol. The van der Waals surface area contributed by atoms with Gasteiger partial charge in [0.25, 0.3) is 5.91 Å². The molecule has 0 saturated heterocycles. The zero-order valence-corrected chi connectivity index (χ0v) is 12.3. The van der Waals surface area contributed by atoms with Crippen LogP contribution in [0, 0.1) is 6.92 Å². The van der Waals surface area contributed by atoms with Gasteiger partial charge in [-0.15, -0.1) is 0 Å². The first kappa shape index (κ1) is 14.2. The summed E-state index contributed by atoms with van der Waals surface area (Å²) in [5.41, 5.74) is 1.91. The van der Waals surface area contributed by atoms with Crippen LogP contribution in [0.4, 0.5) is 5.69 Å². The van der Waals surface area contributed by atoms with E-state index >= 15 is 0 Å². The summed E-state index contributed by atoms with van der Waals surface area (Å²) in [6.45, 7) is 1.87. The van der Waals surface area contributed by atoms with Crippen molar-refractivity contribution < 1.29 is 4.79 Å². The third kappa shape index (κ3) is 3.21. The summed E-state index contributed by atoms with van der Waals surface area (Å²) >= 11 is 17.8. The van der Waals surface area contributed by atoms with Crippen molar-refractivity contribution in [2.75, 3.05) is 5.32 Å². The number of carbonyl (C=O) groups excluding carboxylic acids is 1. The average molecular weight is 315 g/mol. The van der Waals surface area contributed by atoms with Gasteiger partial charge in [0.05, 0.1) is 20.8 Å². The van der Waals surface area contributed by atoms with Crippen LogP contribution < -0.4 is 5.32 Å². The number of carbonyl (C=O) groups is 1. The molecule has 2 aromatic rings. The van der Waals surface area contributed by atoms with E-state index in [2.05, 4.69) is 5.32 Å². The van der Waals surface area contributed by atoms with Gasteiger partial charge in [-0.05, 0) is 36.8 Å². The molecule has 0 radical (unpaired) electrons. The fraction of sp³-hybridized carbons (Fsp3) is 0.0714. The number of para-hydroxylation sites is 1. The van der Waals surface area contributed by atoms with Crippen molar-refractivity contribution in [2.24, 2.45) is 0 Å². The third-order valence-corrected chi connectivity index (χ3v) is 3.70. The summed E-state index contributed by atoms with van der Waals surface area (Å²) in [6.07, 6.45) is 0. The van der Waals surface area contributed by atoms with E-state index < -0.39 is 0 Å². The monoisotopic (exact) mass is 313 g/mol. The number of rotatable bonds is 2. The Bertz CT molecular complexity index is 620. The zero-order chi connectivity index (χ0) is 14.0. The van der Waals surface area contributed by atoms with Gasteiger partial charge in [0, 0.05) is 5.56 Å². The molecule has 1 N–H and O–H groups in total. The molecule has 0 fully saturated rings. The van der Waals surface area contributed by atoms with Crippen LogP contribution >= 0.6 is 34.8 Å². The van der Waals surface area contributed by atoms with E-state index in [1.165, 1.54) is 6.07 Å². The lowest BCUT2D eigenvalue weighted by Gasteiger charge is -2.10. The highest BCUT2D eigenvalue weighted by molar-refractivity contribution is 6.42. The number of hydrogen-bond donors (Lipinski definition) is 1. The molecule has 1 amide bonds. The van der Waals surface area contributed by atoms with Crippen molar-refractivity contribution in [1.82, 2.24) is 0 Å². The van der Waals surface area contributed by atoms with Gasteiger partial charge in [0.1, 0.15) is 0 Å². The van der Waals surface area contributed by atoms with Gasteiger partial charge in [-0.2, -0.15) is 0 Å². The molecule has 5 heteroatoms. The van der Waals surface area contributed by atoms with E-state index in [-0.39, 0.29) is 5.91 Å². The molecule has 0 aliphatic rings. The summed E-state index contributed by atoms with van der Waals surface area (Å²) in [5.74, 6) is -0.283. The highest BCUT2D eigenvalue weighted by atomic mass is 35.5. The molecule has 0 heterocycles. The Balaban J connectivity index is 2.28.